The van der Waals surface area contributed by atoms with Gasteiger partial charge in [-0.1, -0.05) is 30.3 Å². The monoisotopic (exact) mass is 382 g/mol. The van der Waals surface area contributed by atoms with Gasteiger partial charge in [-0.05, 0) is 42.7 Å². The average Bonchev–Trinajstić information content (AvgIpc) is 3.17. The molecule has 0 aliphatic rings. The highest BCUT2D eigenvalue weighted by Gasteiger charge is 2.22. The van der Waals surface area contributed by atoms with Crippen LogP contribution in [0.25, 0.3) is 11.3 Å². The molecule has 3 aromatic rings. The summed E-state index contributed by atoms with van der Waals surface area (Å²) >= 11 is 1.38. The van der Waals surface area contributed by atoms with E-state index in [9.17, 15) is 8.42 Å². The number of halogens is 1. The Balaban J connectivity index is 0.00000208. The van der Waals surface area contributed by atoms with E-state index in [4.69, 9.17) is 0 Å². The van der Waals surface area contributed by atoms with E-state index in [0.29, 0.717) is 17.1 Å². The molecule has 0 amide bonds. The molecular formula is C17H19ClN2O2S2. The predicted molar refractivity (Wildman–Crippen MR) is 101 cm³/mol. The van der Waals surface area contributed by atoms with E-state index in [1.54, 1.807) is 23.0 Å². The topological polar surface area (TPSA) is 42.3 Å². The van der Waals surface area contributed by atoms with Gasteiger partial charge in [-0.2, -0.15) is 11.3 Å². The van der Waals surface area contributed by atoms with Crippen LogP contribution in [0.15, 0.2) is 64.3 Å². The summed E-state index contributed by atoms with van der Waals surface area (Å²) in [5.41, 5.74) is 2.54. The Hall–Kier alpha value is -1.60. The van der Waals surface area contributed by atoms with Gasteiger partial charge in [-0.3, -0.25) is 0 Å². The van der Waals surface area contributed by atoms with Gasteiger partial charge in [-0.25, -0.2) is 12.4 Å². The van der Waals surface area contributed by atoms with Crippen LogP contribution in [0.3, 0.4) is 0 Å². The smallest absolute Gasteiger partial charge is 0.268 e. The van der Waals surface area contributed by atoms with Crippen molar-refractivity contribution in [2.24, 2.45) is 0 Å². The summed E-state index contributed by atoms with van der Waals surface area (Å²) in [5.74, 6) is 0. The number of hydrogen-bond acceptors (Lipinski definition) is 4. The van der Waals surface area contributed by atoms with Crippen molar-refractivity contribution in [2.75, 3.05) is 14.1 Å². The quantitative estimate of drug-likeness (QED) is 0.671. The van der Waals surface area contributed by atoms with Gasteiger partial charge in [0.2, 0.25) is 0 Å². The second-order valence-corrected chi connectivity index (χ2v) is 8.19. The Labute approximate surface area is 152 Å². The van der Waals surface area contributed by atoms with Crippen molar-refractivity contribution in [3.8, 4) is 11.3 Å². The first-order chi connectivity index (χ1) is 11.0. The maximum Gasteiger partial charge on any atom is 0.268 e. The van der Waals surface area contributed by atoms with E-state index in [1.165, 1.54) is 15.3 Å². The van der Waals surface area contributed by atoms with Gasteiger partial charge < -0.3 is 4.90 Å². The standard InChI is InChI=1S/C17H18N2O2S2.ClH/c1-18(2)11-14-10-17(15-6-4-3-5-7-15)19(12-14)23(20,21)16-8-9-22-13-16;/h3-10,12-13H,11H2,1-2H3;1H. The van der Waals surface area contributed by atoms with Crippen molar-refractivity contribution in [2.45, 2.75) is 11.4 Å². The van der Waals surface area contributed by atoms with Crippen LogP contribution in [0.1, 0.15) is 5.56 Å². The molecule has 0 atom stereocenters. The zero-order chi connectivity index (χ0) is 16.4. The van der Waals surface area contributed by atoms with Gasteiger partial charge in [0.15, 0.2) is 0 Å². The van der Waals surface area contributed by atoms with Crippen molar-refractivity contribution in [3.05, 3.63) is 65.0 Å². The molecule has 0 fully saturated rings. The molecule has 0 N–H and O–H groups in total. The molecule has 0 saturated carbocycles. The molecule has 2 heterocycles. The lowest BCUT2D eigenvalue weighted by molar-refractivity contribution is 0.402. The molecule has 0 bridgehead atoms. The van der Waals surface area contributed by atoms with E-state index in [-0.39, 0.29) is 12.4 Å². The first-order valence-corrected chi connectivity index (χ1v) is 9.56. The number of thiophene rings is 1. The molecule has 128 valence electrons. The van der Waals surface area contributed by atoms with Crippen LogP contribution in [0.2, 0.25) is 0 Å². The lowest BCUT2D eigenvalue weighted by Gasteiger charge is -2.09. The number of nitrogens with zero attached hydrogens (tertiary/aromatic N) is 2. The highest BCUT2D eigenvalue weighted by molar-refractivity contribution is 7.90. The summed E-state index contributed by atoms with van der Waals surface area (Å²) in [7, 11) is 0.350. The average molecular weight is 383 g/mol. The Morgan fingerprint density at radius 2 is 1.83 bits per heavy atom. The fraction of sp³-hybridized carbons (Fsp3) is 0.176. The number of aromatic nitrogens is 1. The van der Waals surface area contributed by atoms with E-state index < -0.39 is 10.0 Å². The summed E-state index contributed by atoms with van der Waals surface area (Å²) in [4.78, 5) is 2.35. The highest BCUT2D eigenvalue weighted by atomic mass is 35.5. The molecular weight excluding hydrogens is 364 g/mol. The van der Waals surface area contributed by atoms with Crippen molar-refractivity contribution >= 4 is 33.8 Å². The normalized spacial score (nSPS) is 11.5. The van der Waals surface area contributed by atoms with Crippen LogP contribution in [0, 0.1) is 0 Å². The summed E-state index contributed by atoms with van der Waals surface area (Å²) in [6.45, 7) is 0.686. The Kier molecular flexibility index (Phi) is 5.87. The van der Waals surface area contributed by atoms with Crippen molar-refractivity contribution in [1.29, 1.82) is 0 Å². The van der Waals surface area contributed by atoms with Crippen LogP contribution < -0.4 is 0 Å². The molecule has 0 saturated heterocycles. The van der Waals surface area contributed by atoms with Crippen molar-refractivity contribution in [3.63, 3.8) is 0 Å². The molecule has 0 aliphatic heterocycles. The minimum Gasteiger partial charge on any atom is -0.305 e. The molecule has 0 radical (unpaired) electrons. The summed E-state index contributed by atoms with van der Waals surface area (Å²) < 4.78 is 27.3. The molecule has 0 spiro atoms. The van der Waals surface area contributed by atoms with Crippen molar-refractivity contribution in [1.82, 2.24) is 8.87 Å². The molecule has 3 rings (SSSR count). The van der Waals surface area contributed by atoms with Gasteiger partial charge >= 0.3 is 0 Å². The van der Waals surface area contributed by atoms with E-state index in [0.717, 1.165) is 11.1 Å². The second-order valence-electron chi connectivity index (χ2n) is 5.60. The lowest BCUT2D eigenvalue weighted by atomic mass is 10.1. The SMILES string of the molecule is CN(C)Cc1cc(-c2ccccc2)n(S(=O)(=O)c2ccsc2)c1.Cl. The highest BCUT2D eigenvalue weighted by Crippen LogP contribution is 2.28. The fourth-order valence-electron chi connectivity index (χ4n) is 2.48. The Morgan fingerprint density at radius 3 is 2.42 bits per heavy atom. The maximum absolute atomic E-state index is 12.9. The summed E-state index contributed by atoms with van der Waals surface area (Å²) in [6, 6.07) is 13.2. The van der Waals surface area contributed by atoms with E-state index in [1.807, 2.05) is 55.4 Å². The van der Waals surface area contributed by atoms with Crippen LogP contribution >= 0.6 is 23.7 Å². The van der Waals surface area contributed by atoms with Crippen LogP contribution in [-0.2, 0) is 16.6 Å². The molecule has 0 unspecified atom stereocenters. The largest absolute Gasteiger partial charge is 0.305 e. The van der Waals surface area contributed by atoms with Gasteiger partial charge in [0.05, 0.1) is 10.6 Å². The first kappa shape index (κ1) is 18.7. The first-order valence-electron chi connectivity index (χ1n) is 7.17. The number of benzene rings is 1. The number of rotatable bonds is 5. The zero-order valence-electron chi connectivity index (χ0n) is 13.4. The van der Waals surface area contributed by atoms with Crippen molar-refractivity contribution < 1.29 is 8.42 Å². The third kappa shape index (κ3) is 3.72. The summed E-state index contributed by atoms with van der Waals surface area (Å²) in [5, 5.41) is 3.44. The molecule has 0 aliphatic carbocycles. The van der Waals surface area contributed by atoms with Gasteiger partial charge in [0.1, 0.15) is 0 Å². The minimum absolute atomic E-state index is 0. The van der Waals surface area contributed by atoms with Gasteiger partial charge in [0, 0.05) is 18.1 Å². The molecule has 24 heavy (non-hydrogen) atoms. The third-order valence-corrected chi connectivity index (χ3v) is 5.96. The molecule has 1 aromatic carbocycles. The fourth-order valence-corrected chi connectivity index (χ4v) is 4.89. The third-order valence-electron chi connectivity index (χ3n) is 3.46. The van der Waals surface area contributed by atoms with Crippen LogP contribution in [-0.4, -0.2) is 31.4 Å². The van der Waals surface area contributed by atoms with Crippen LogP contribution in [0.5, 0.6) is 0 Å². The van der Waals surface area contributed by atoms with Gasteiger partial charge in [-0.15, -0.1) is 12.4 Å². The second kappa shape index (κ2) is 7.53. The lowest BCUT2D eigenvalue weighted by Crippen LogP contribution is -2.13. The van der Waals surface area contributed by atoms with Crippen LogP contribution in [0.4, 0.5) is 0 Å². The van der Waals surface area contributed by atoms with E-state index >= 15 is 0 Å². The minimum atomic E-state index is -3.58. The molecule has 2 aromatic heterocycles. The van der Waals surface area contributed by atoms with Gasteiger partial charge in [0.25, 0.3) is 10.0 Å². The number of hydrogen-bond donors (Lipinski definition) is 0. The Morgan fingerprint density at radius 1 is 1.12 bits per heavy atom. The van der Waals surface area contributed by atoms with E-state index in [2.05, 4.69) is 0 Å². The molecule has 7 heteroatoms. The zero-order valence-corrected chi connectivity index (χ0v) is 15.9. The summed E-state index contributed by atoms with van der Waals surface area (Å²) in [6.07, 6.45) is 1.72. The predicted octanol–water partition coefficient (Wildman–Crippen LogP) is 3.94. The maximum atomic E-state index is 12.9. The Bertz CT molecular complexity index is 886. The molecule has 4 nitrogen and oxygen atoms in total.